The van der Waals surface area contributed by atoms with Crippen LogP contribution in [0.4, 0.5) is 11.4 Å². The average Bonchev–Trinajstić information content (AvgIpc) is 3.02. The first-order valence-corrected chi connectivity index (χ1v) is 14.3. The summed E-state index contributed by atoms with van der Waals surface area (Å²) in [5.74, 6) is 0. The Morgan fingerprint density at radius 3 is 1.45 bits per heavy atom. The van der Waals surface area contributed by atoms with Crippen molar-refractivity contribution in [1.29, 1.82) is 0 Å². The van der Waals surface area contributed by atoms with Gasteiger partial charge in [-0.05, 0) is 41.0 Å². The number of aromatic nitrogens is 2. The number of hydrogen-bond donors (Lipinski definition) is 0. The molecule has 0 aliphatic rings. The van der Waals surface area contributed by atoms with E-state index in [0.29, 0.717) is 0 Å². The molecule has 0 radical (unpaired) electrons. The SMILES string of the molecule is CN(C)c1ccc(/C=C/c2c[c-][n+](Cc3ccccc3C[n+]3ccc(/C=C/c4ccc(N(C)C)cc4)cc3)cc2)cc1. The minimum Gasteiger partial charge on any atom is -0.378 e. The summed E-state index contributed by atoms with van der Waals surface area (Å²) >= 11 is 0. The van der Waals surface area contributed by atoms with Gasteiger partial charge >= 0.3 is 0 Å². The third-order valence-electron chi connectivity index (χ3n) is 7.33. The van der Waals surface area contributed by atoms with Crippen molar-refractivity contribution >= 4 is 35.7 Å². The summed E-state index contributed by atoms with van der Waals surface area (Å²) in [7, 11) is 8.23. The second-order valence-corrected chi connectivity index (χ2v) is 10.9. The molecule has 0 saturated carbocycles. The highest BCUT2D eigenvalue weighted by Crippen LogP contribution is 2.16. The average molecular weight is 552 g/mol. The van der Waals surface area contributed by atoms with E-state index in [1.54, 1.807) is 0 Å². The molecule has 3 aromatic carbocycles. The van der Waals surface area contributed by atoms with Crippen LogP contribution >= 0.6 is 0 Å². The van der Waals surface area contributed by atoms with Crippen molar-refractivity contribution in [2.75, 3.05) is 38.0 Å². The van der Waals surface area contributed by atoms with Crippen LogP contribution in [-0.4, -0.2) is 28.2 Å². The minimum atomic E-state index is 0.778. The number of nitrogens with zero attached hydrogens (tertiary/aromatic N) is 4. The molecular formula is C38H39N4+. The second-order valence-electron chi connectivity index (χ2n) is 10.9. The van der Waals surface area contributed by atoms with E-state index in [-0.39, 0.29) is 0 Å². The zero-order valence-electron chi connectivity index (χ0n) is 25.0. The van der Waals surface area contributed by atoms with Gasteiger partial charge in [0.25, 0.3) is 0 Å². The highest BCUT2D eigenvalue weighted by Gasteiger charge is 2.10. The van der Waals surface area contributed by atoms with Crippen LogP contribution in [0.15, 0.2) is 116 Å². The fourth-order valence-corrected chi connectivity index (χ4v) is 4.71. The van der Waals surface area contributed by atoms with Crippen molar-refractivity contribution < 1.29 is 9.13 Å². The molecule has 0 bridgehead atoms. The van der Waals surface area contributed by atoms with Gasteiger partial charge in [0.2, 0.25) is 0 Å². The molecule has 4 heteroatoms. The largest absolute Gasteiger partial charge is 0.378 e. The highest BCUT2D eigenvalue weighted by molar-refractivity contribution is 5.71. The van der Waals surface area contributed by atoms with Crippen LogP contribution in [-0.2, 0) is 13.1 Å². The zero-order chi connectivity index (χ0) is 29.3. The summed E-state index contributed by atoms with van der Waals surface area (Å²) in [6.45, 7) is 1.60. The van der Waals surface area contributed by atoms with Crippen LogP contribution in [0, 0.1) is 6.20 Å². The van der Waals surface area contributed by atoms with Crippen molar-refractivity contribution in [3.8, 4) is 0 Å². The molecule has 0 saturated heterocycles. The van der Waals surface area contributed by atoms with E-state index in [0.717, 1.165) is 18.7 Å². The van der Waals surface area contributed by atoms with Crippen LogP contribution < -0.4 is 18.9 Å². The standard InChI is InChI=1S/C38H39N4/c1-39(2)37-17-13-31(14-18-37)9-11-33-21-25-41(26-22-33)29-35-7-5-6-8-36(35)30-42-27-23-34(24-28-42)12-10-32-15-19-38(20-16-32)40(3)4/h5-27H,29-30H2,1-4H3/q+1/b12-10+. The molecule has 0 spiro atoms. The molecule has 0 amide bonds. The Morgan fingerprint density at radius 2 is 0.976 bits per heavy atom. The quantitative estimate of drug-likeness (QED) is 0.143. The molecule has 42 heavy (non-hydrogen) atoms. The number of pyridine rings is 2. The lowest BCUT2D eigenvalue weighted by Crippen LogP contribution is -2.37. The topological polar surface area (TPSA) is 14.2 Å². The van der Waals surface area contributed by atoms with Gasteiger partial charge in [0.15, 0.2) is 25.5 Å². The molecule has 5 rings (SSSR count). The van der Waals surface area contributed by atoms with Crippen molar-refractivity contribution in [2.45, 2.75) is 13.1 Å². The Balaban J connectivity index is 1.20. The Kier molecular flexibility index (Phi) is 9.25. The normalized spacial score (nSPS) is 11.3. The summed E-state index contributed by atoms with van der Waals surface area (Å²) in [6.07, 6.45) is 18.4. The van der Waals surface area contributed by atoms with Crippen LogP contribution in [0.2, 0.25) is 0 Å². The molecule has 0 atom stereocenters. The molecule has 0 aliphatic heterocycles. The van der Waals surface area contributed by atoms with Gasteiger partial charge in [0, 0.05) is 62.8 Å². The number of anilines is 2. The first-order chi connectivity index (χ1) is 20.4. The maximum Gasteiger partial charge on any atom is 0.174 e. The molecule has 2 aromatic heterocycles. The molecular weight excluding hydrogens is 512 g/mol. The first kappa shape index (κ1) is 28.6. The lowest BCUT2D eigenvalue weighted by atomic mass is 10.1. The Hall–Kier alpha value is -4.96. The second kappa shape index (κ2) is 13.6. The smallest absolute Gasteiger partial charge is 0.174 e. The van der Waals surface area contributed by atoms with Crippen LogP contribution in [0.5, 0.6) is 0 Å². The third kappa shape index (κ3) is 7.82. The van der Waals surface area contributed by atoms with Crippen molar-refractivity contribution in [1.82, 2.24) is 0 Å². The van der Waals surface area contributed by atoms with Gasteiger partial charge in [-0.1, -0.05) is 66.8 Å². The zero-order valence-corrected chi connectivity index (χ0v) is 25.0. The first-order valence-electron chi connectivity index (χ1n) is 14.3. The van der Waals surface area contributed by atoms with E-state index in [2.05, 4.69) is 187 Å². The fourth-order valence-electron chi connectivity index (χ4n) is 4.71. The molecule has 0 N–H and O–H groups in total. The van der Waals surface area contributed by atoms with Crippen LogP contribution in [0.3, 0.4) is 0 Å². The lowest BCUT2D eigenvalue weighted by Gasteiger charge is -2.11. The summed E-state index contributed by atoms with van der Waals surface area (Å²) in [4.78, 5) is 4.22. The summed E-state index contributed by atoms with van der Waals surface area (Å²) in [5, 5.41) is 0. The monoisotopic (exact) mass is 551 g/mol. The van der Waals surface area contributed by atoms with Crippen molar-refractivity contribution in [2.24, 2.45) is 0 Å². The van der Waals surface area contributed by atoms with Gasteiger partial charge in [0.1, 0.15) is 6.20 Å². The fraction of sp³-hybridized carbons (Fsp3) is 0.158. The van der Waals surface area contributed by atoms with E-state index < -0.39 is 0 Å². The lowest BCUT2D eigenvalue weighted by molar-refractivity contribution is -0.696. The van der Waals surface area contributed by atoms with E-state index in [1.807, 2.05) is 6.07 Å². The van der Waals surface area contributed by atoms with E-state index in [4.69, 9.17) is 0 Å². The van der Waals surface area contributed by atoms with Crippen molar-refractivity contribution in [3.63, 3.8) is 0 Å². The van der Waals surface area contributed by atoms with E-state index >= 15 is 0 Å². The maximum absolute atomic E-state index is 3.42. The number of benzene rings is 3. The van der Waals surface area contributed by atoms with Gasteiger partial charge in [-0.2, -0.15) is 0 Å². The third-order valence-corrected chi connectivity index (χ3v) is 7.33. The predicted molar refractivity (Wildman–Crippen MR) is 176 cm³/mol. The van der Waals surface area contributed by atoms with Gasteiger partial charge in [-0.3, -0.25) is 0 Å². The Labute approximate surface area is 250 Å². The predicted octanol–water partition coefficient (Wildman–Crippen LogP) is 6.63. The van der Waals surface area contributed by atoms with Crippen LogP contribution in [0.1, 0.15) is 33.4 Å². The van der Waals surface area contributed by atoms with E-state index in [1.165, 1.54) is 39.2 Å². The maximum atomic E-state index is 3.42. The molecule has 5 aromatic rings. The summed E-state index contributed by atoms with van der Waals surface area (Å²) < 4.78 is 4.35. The molecule has 210 valence electrons. The molecule has 0 fully saturated rings. The van der Waals surface area contributed by atoms with Gasteiger partial charge in [-0.15, -0.1) is 23.8 Å². The molecule has 4 nitrogen and oxygen atoms in total. The highest BCUT2D eigenvalue weighted by atomic mass is 15.1. The molecule has 0 aliphatic carbocycles. The summed E-state index contributed by atoms with van der Waals surface area (Å²) in [6, 6.07) is 34.3. The summed E-state index contributed by atoms with van der Waals surface area (Å²) in [5.41, 5.74) is 9.69. The number of rotatable bonds is 10. The van der Waals surface area contributed by atoms with Crippen LogP contribution in [0.25, 0.3) is 24.3 Å². The number of hydrogen-bond acceptors (Lipinski definition) is 2. The Morgan fingerprint density at radius 1 is 0.524 bits per heavy atom. The molecule has 0 unspecified atom stereocenters. The van der Waals surface area contributed by atoms with E-state index in [9.17, 15) is 0 Å². The van der Waals surface area contributed by atoms with Crippen molar-refractivity contribution in [3.05, 3.63) is 155 Å². The van der Waals surface area contributed by atoms with Gasteiger partial charge in [-0.25, -0.2) is 4.57 Å². The van der Waals surface area contributed by atoms with Gasteiger partial charge < -0.3 is 14.4 Å². The molecule has 2 heterocycles. The van der Waals surface area contributed by atoms with Gasteiger partial charge in [0.05, 0.1) is 6.20 Å². The minimum absolute atomic E-state index is 0.778. The Bertz CT molecular complexity index is 1500.